The monoisotopic (exact) mass is 248 g/mol. The molecule has 17 heavy (non-hydrogen) atoms. The first kappa shape index (κ1) is 11.7. The molecule has 2 rings (SSSR count). The molecule has 0 spiro atoms. The van der Waals surface area contributed by atoms with Gasteiger partial charge in [0.1, 0.15) is 5.69 Å². The van der Waals surface area contributed by atoms with Crippen LogP contribution < -0.4 is 9.88 Å². The number of anilines is 1. The zero-order chi connectivity index (χ0) is 12.3. The van der Waals surface area contributed by atoms with Crippen LogP contribution in [0.15, 0.2) is 29.9 Å². The highest BCUT2D eigenvalue weighted by Gasteiger charge is 2.07. The SMILES string of the molecule is CC(=O)Nc1nc(C[n+]2ccc(C)cc2)cs1. The first-order valence-corrected chi connectivity index (χ1v) is 6.19. The average Bonchev–Trinajstić information content (AvgIpc) is 2.68. The topological polar surface area (TPSA) is 45.9 Å². The number of carbonyl (C=O) groups is 1. The number of rotatable bonds is 3. The molecule has 0 saturated carbocycles. The van der Waals surface area contributed by atoms with Gasteiger partial charge in [-0.2, -0.15) is 4.57 Å². The van der Waals surface area contributed by atoms with Crippen molar-refractivity contribution in [3.63, 3.8) is 0 Å². The zero-order valence-electron chi connectivity index (χ0n) is 9.80. The zero-order valence-corrected chi connectivity index (χ0v) is 10.6. The minimum Gasteiger partial charge on any atom is -0.302 e. The smallest absolute Gasteiger partial charge is 0.223 e. The summed E-state index contributed by atoms with van der Waals surface area (Å²) in [5.74, 6) is -0.0890. The molecule has 0 unspecified atom stereocenters. The van der Waals surface area contributed by atoms with Gasteiger partial charge >= 0.3 is 0 Å². The van der Waals surface area contributed by atoms with E-state index >= 15 is 0 Å². The maximum absolute atomic E-state index is 10.9. The largest absolute Gasteiger partial charge is 0.302 e. The van der Waals surface area contributed by atoms with Crippen molar-refractivity contribution in [3.05, 3.63) is 41.2 Å². The van der Waals surface area contributed by atoms with Crippen molar-refractivity contribution in [2.24, 2.45) is 0 Å². The Morgan fingerprint density at radius 3 is 2.82 bits per heavy atom. The molecule has 5 heteroatoms. The van der Waals surface area contributed by atoms with E-state index in [0.717, 1.165) is 12.2 Å². The number of carbonyl (C=O) groups excluding carboxylic acids is 1. The van der Waals surface area contributed by atoms with Crippen LogP contribution in [-0.2, 0) is 11.3 Å². The fourth-order valence-electron chi connectivity index (χ4n) is 1.41. The lowest BCUT2D eigenvalue weighted by molar-refractivity contribution is -0.688. The van der Waals surface area contributed by atoms with Crippen molar-refractivity contribution in [1.29, 1.82) is 0 Å². The molecule has 2 aromatic heterocycles. The summed E-state index contributed by atoms with van der Waals surface area (Å²) in [4.78, 5) is 15.2. The molecular weight excluding hydrogens is 234 g/mol. The van der Waals surface area contributed by atoms with Gasteiger partial charge in [0.05, 0.1) is 0 Å². The summed E-state index contributed by atoms with van der Waals surface area (Å²) in [6.07, 6.45) is 4.04. The lowest BCUT2D eigenvalue weighted by Crippen LogP contribution is -2.33. The first-order chi connectivity index (χ1) is 8.13. The number of nitrogens with zero attached hydrogens (tertiary/aromatic N) is 2. The van der Waals surface area contributed by atoms with Crippen LogP contribution in [-0.4, -0.2) is 10.9 Å². The Morgan fingerprint density at radius 1 is 1.47 bits per heavy atom. The molecule has 0 aromatic carbocycles. The van der Waals surface area contributed by atoms with Crippen molar-refractivity contribution in [2.45, 2.75) is 20.4 Å². The second kappa shape index (κ2) is 5.05. The molecule has 0 atom stereocenters. The number of hydrogen-bond donors (Lipinski definition) is 1. The molecule has 0 aliphatic rings. The van der Waals surface area contributed by atoms with Gasteiger partial charge in [-0.3, -0.25) is 4.79 Å². The predicted octanol–water partition coefficient (Wildman–Crippen LogP) is 1.75. The van der Waals surface area contributed by atoms with Crippen LogP contribution in [0, 0.1) is 6.92 Å². The lowest BCUT2D eigenvalue weighted by Gasteiger charge is -1.95. The molecule has 2 heterocycles. The molecule has 1 N–H and O–H groups in total. The molecular formula is C12H14N3OS+. The number of amides is 1. The minimum atomic E-state index is -0.0890. The summed E-state index contributed by atoms with van der Waals surface area (Å²) in [5, 5.41) is 5.29. The van der Waals surface area contributed by atoms with Crippen LogP contribution in [0.1, 0.15) is 18.2 Å². The van der Waals surface area contributed by atoms with E-state index < -0.39 is 0 Å². The van der Waals surface area contributed by atoms with Gasteiger partial charge in [0.15, 0.2) is 24.1 Å². The second-order valence-corrected chi connectivity index (χ2v) is 4.73. The van der Waals surface area contributed by atoms with Crippen LogP contribution in [0.5, 0.6) is 0 Å². The minimum absolute atomic E-state index is 0.0890. The Bertz CT molecular complexity index is 519. The molecule has 0 aliphatic carbocycles. The van der Waals surface area contributed by atoms with Gasteiger partial charge < -0.3 is 5.32 Å². The standard InChI is InChI=1S/C12H13N3OS/c1-9-3-5-15(6-4-9)7-11-8-17-12(14-11)13-10(2)16/h3-6,8H,7H2,1-2H3/p+1. The Hall–Kier alpha value is -1.75. The highest BCUT2D eigenvalue weighted by Crippen LogP contribution is 2.14. The maximum Gasteiger partial charge on any atom is 0.223 e. The van der Waals surface area contributed by atoms with Gasteiger partial charge in [-0.15, -0.1) is 11.3 Å². The van der Waals surface area contributed by atoms with Crippen LogP contribution in [0.2, 0.25) is 0 Å². The second-order valence-electron chi connectivity index (χ2n) is 3.87. The molecule has 0 bridgehead atoms. The van der Waals surface area contributed by atoms with Gasteiger partial charge in [-0.25, -0.2) is 4.98 Å². The molecule has 2 aromatic rings. The summed E-state index contributed by atoms with van der Waals surface area (Å²) < 4.78 is 2.06. The number of nitrogens with one attached hydrogen (secondary N) is 1. The van der Waals surface area contributed by atoms with E-state index in [4.69, 9.17) is 0 Å². The van der Waals surface area contributed by atoms with Crippen molar-refractivity contribution in [2.75, 3.05) is 5.32 Å². The van der Waals surface area contributed by atoms with E-state index in [0.29, 0.717) is 5.13 Å². The van der Waals surface area contributed by atoms with Crippen LogP contribution >= 0.6 is 11.3 Å². The van der Waals surface area contributed by atoms with Crippen LogP contribution in [0.4, 0.5) is 5.13 Å². The Balaban J connectivity index is 2.06. The van der Waals surface area contributed by atoms with Gasteiger partial charge in [0.2, 0.25) is 5.91 Å². The summed E-state index contributed by atoms with van der Waals surface area (Å²) in [6.45, 7) is 4.26. The summed E-state index contributed by atoms with van der Waals surface area (Å²) in [6, 6.07) is 4.11. The average molecular weight is 248 g/mol. The van der Waals surface area contributed by atoms with E-state index in [-0.39, 0.29) is 5.91 Å². The van der Waals surface area contributed by atoms with Crippen molar-refractivity contribution >= 4 is 22.4 Å². The molecule has 0 aliphatic heterocycles. The molecule has 0 saturated heterocycles. The molecule has 88 valence electrons. The number of aromatic nitrogens is 2. The number of pyridine rings is 1. The molecule has 0 radical (unpaired) electrons. The molecule has 4 nitrogen and oxygen atoms in total. The van der Waals surface area contributed by atoms with Gasteiger partial charge in [-0.1, -0.05) is 0 Å². The molecule has 1 amide bonds. The van der Waals surface area contributed by atoms with Gasteiger partial charge in [-0.05, 0) is 12.5 Å². The Kier molecular flexibility index (Phi) is 3.49. The van der Waals surface area contributed by atoms with E-state index in [9.17, 15) is 4.79 Å². The van der Waals surface area contributed by atoms with Crippen LogP contribution in [0.3, 0.4) is 0 Å². The Labute approximate surface area is 104 Å². The highest BCUT2D eigenvalue weighted by molar-refractivity contribution is 7.13. The summed E-state index contributed by atoms with van der Waals surface area (Å²) in [7, 11) is 0. The van der Waals surface area contributed by atoms with Crippen molar-refractivity contribution in [3.8, 4) is 0 Å². The fourth-order valence-corrected chi connectivity index (χ4v) is 2.16. The van der Waals surface area contributed by atoms with E-state index in [1.807, 2.05) is 17.8 Å². The van der Waals surface area contributed by atoms with E-state index in [2.05, 4.69) is 33.9 Å². The Morgan fingerprint density at radius 2 is 2.18 bits per heavy atom. The number of thiazole rings is 1. The summed E-state index contributed by atoms with van der Waals surface area (Å²) >= 11 is 1.44. The third-order valence-corrected chi connectivity index (χ3v) is 3.04. The van der Waals surface area contributed by atoms with E-state index in [1.165, 1.54) is 23.8 Å². The van der Waals surface area contributed by atoms with Crippen LogP contribution in [0.25, 0.3) is 0 Å². The maximum atomic E-state index is 10.9. The molecule has 0 fully saturated rings. The normalized spacial score (nSPS) is 10.2. The lowest BCUT2D eigenvalue weighted by atomic mass is 10.3. The fraction of sp³-hybridized carbons (Fsp3) is 0.250. The number of aryl methyl sites for hydroxylation is 1. The third kappa shape index (κ3) is 3.35. The van der Waals surface area contributed by atoms with E-state index in [1.54, 1.807) is 0 Å². The van der Waals surface area contributed by atoms with Crippen molar-refractivity contribution < 1.29 is 9.36 Å². The predicted molar refractivity (Wildman–Crippen MR) is 66.9 cm³/mol. The van der Waals surface area contributed by atoms with Gasteiger partial charge in [0, 0.05) is 24.4 Å². The highest BCUT2D eigenvalue weighted by atomic mass is 32.1. The first-order valence-electron chi connectivity index (χ1n) is 5.31. The number of hydrogen-bond acceptors (Lipinski definition) is 3. The quantitative estimate of drug-likeness (QED) is 0.841. The van der Waals surface area contributed by atoms with Crippen molar-refractivity contribution in [1.82, 2.24) is 4.98 Å². The summed E-state index contributed by atoms with van der Waals surface area (Å²) in [5.41, 5.74) is 2.19. The third-order valence-electron chi connectivity index (χ3n) is 2.24. The van der Waals surface area contributed by atoms with Gasteiger partial charge in [0.25, 0.3) is 0 Å².